The molecule has 0 aliphatic heterocycles. The molecule has 0 saturated heterocycles. The first-order valence-corrected chi connectivity index (χ1v) is 11.2. The van der Waals surface area contributed by atoms with Gasteiger partial charge in [-0.05, 0) is 54.8 Å². The summed E-state index contributed by atoms with van der Waals surface area (Å²) in [5.41, 5.74) is 5.41. The number of pyridine rings is 1. The minimum Gasteiger partial charge on any atom is -0.271 e. The smallest absolute Gasteiger partial charge is 0.264 e. The van der Waals surface area contributed by atoms with Crippen LogP contribution < -0.4 is 9.73 Å². The number of anilines is 1. The summed E-state index contributed by atoms with van der Waals surface area (Å²) in [6.07, 6.45) is 5.32. The van der Waals surface area contributed by atoms with Gasteiger partial charge >= 0.3 is 0 Å². The van der Waals surface area contributed by atoms with E-state index in [-0.39, 0.29) is 4.90 Å². The Bertz CT molecular complexity index is 1160. The van der Waals surface area contributed by atoms with Crippen LogP contribution in [-0.2, 0) is 21.2 Å². The summed E-state index contributed by atoms with van der Waals surface area (Å²) in [6, 6.07) is 17.2. The third kappa shape index (κ3) is 5.55. The van der Waals surface area contributed by atoms with Crippen molar-refractivity contribution >= 4 is 27.8 Å². The molecule has 1 heterocycles. The predicted molar refractivity (Wildman–Crippen MR) is 122 cm³/mol. The molecule has 1 N–H and O–H groups in total. The maximum atomic E-state index is 13.4. The highest BCUT2D eigenvalue weighted by Gasteiger charge is 2.28. The highest BCUT2D eigenvalue weighted by molar-refractivity contribution is 7.92. The topological polar surface area (TPSA) is 91.7 Å². The number of aromatic nitrogens is 1. The number of sulfonamides is 1. The molecule has 0 spiro atoms. The zero-order valence-corrected chi connectivity index (χ0v) is 18.2. The van der Waals surface area contributed by atoms with Crippen LogP contribution in [0.5, 0.6) is 0 Å². The highest BCUT2D eigenvalue weighted by atomic mass is 32.2. The van der Waals surface area contributed by atoms with E-state index in [1.54, 1.807) is 60.9 Å². The Kier molecular flexibility index (Phi) is 7.15. The second-order valence-electron chi connectivity index (χ2n) is 6.88. The number of amides is 1. The Morgan fingerprint density at radius 2 is 1.74 bits per heavy atom. The Balaban J connectivity index is 1.90. The second-order valence-corrected chi connectivity index (χ2v) is 8.74. The number of nitrogens with zero attached hydrogens (tertiary/aromatic N) is 3. The Morgan fingerprint density at radius 3 is 2.42 bits per heavy atom. The van der Waals surface area contributed by atoms with Crippen molar-refractivity contribution < 1.29 is 13.2 Å². The van der Waals surface area contributed by atoms with E-state index >= 15 is 0 Å². The minimum absolute atomic E-state index is 0.122. The van der Waals surface area contributed by atoms with Crippen molar-refractivity contribution in [2.24, 2.45) is 5.10 Å². The molecule has 0 bridgehead atoms. The van der Waals surface area contributed by atoms with Gasteiger partial charge in [-0.3, -0.25) is 14.1 Å². The van der Waals surface area contributed by atoms with Gasteiger partial charge in [-0.25, -0.2) is 13.8 Å². The zero-order valence-electron chi connectivity index (χ0n) is 17.4. The average Bonchev–Trinajstić information content (AvgIpc) is 2.78. The van der Waals surface area contributed by atoms with Crippen molar-refractivity contribution in [2.75, 3.05) is 10.8 Å². The molecule has 160 valence electrons. The fourth-order valence-corrected chi connectivity index (χ4v) is 4.44. The lowest BCUT2D eigenvalue weighted by atomic mass is 10.1. The molecule has 0 radical (unpaired) electrons. The first-order valence-electron chi connectivity index (χ1n) is 9.81. The summed E-state index contributed by atoms with van der Waals surface area (Å²) in [7, 11) is -3.96. The first kappa shape index (κ1) is 22.2. The van der Waals surface area contributed by atoms with Gasteiger partial charge in [-0.2, -0.15) is 5.10 Å². The number of hydrazone groups is 1. The van der Waals surface area contributed by atoms with E-state index in [0.29, 0.717) is 12.1 Å². The van der Waals surface area contributed by atoms with E-state index < -0.39 is 22.5 Å². The lowest BCUT2D eigenvalue weighted by Gasteiger charge is -2.25. The molecule has 7 nitrogen and oxygen atoms in total. The van der Waals surface area contributed by atoms with Crippen LogP contribution in [0, 0.1) is 6.92 Å². The van der Waals surface area contributed by atoms with Gasteiger partial charge in [-0.15, -0.1) is 0 Å². The molecule has 0 saturated carbocycles. The molecule has 0 aliphatic rings. The van der Waals surface area contributed by atoms with Crippen LogP contribution in [0.15, 0.2) is 83.1 Å². The number of para-hydroxylation sites is 1. The van der Waals surface area contributed by atoms with Crippen LogP contribution in [0.25, 0.3) is 0 Å². The standard InChI is InChI=1S/C23H24N4O3S/c1-3-20-6-4-5-7-22(20)27(31(29,30)21-10-8-18(2)9-11-21)17-23(28)26-25-16-19-12-14-24-15-13-19/h4-16H,3,17H2,1-2H3,(H,26,28)/b25-16-. The molecule has 0 atom stereocenters. The molecule has 3 rings (SSSR count). The van der Waals surface area contributed by atoms with Gasteiger partial charge in [0, 0.05) is 12.4 Å². The molecule has 1 amide bonds. The number of carbonyl (C=O) groups excluding carboxylic acids is 1. The average molecular weight is 437 g/mol. The fraction of sp³-hybridized carbons (Fsp3) is 0.174. The summed E-state index contributed by atoms with van der Waals surface area (Å²) in [5.74, 6) is -0.549. The number of aryl methyl sites for hydroxylation is 2. The van der Waals surface area contributed by atoms with Crippen LogP contribution >= 0.6 is 0 Å². The number of rotatable bonds is 8. The Labute approximate surface area is 182 Å². The van der Waals surface area contributed by atoms with Crippen LogP contribution in [0.3, 0.4) is 0 Å². The second kappa shape index (κ2) is 9.99. The van der Waals surface area contributed by atoms with Gasteiger partial charge in [0.25, 0.3) is 15.9 Å². The van der Waals surface area contributed by atoms with E-state index in [1.807, 2.05) is 26.0 Å². The van der Waals surface area contributed by atoms with Crippen LogP contribution in [-0.4, -0.2) is 32.1 Å². The molecule has 0 unspecified atom stereocenters. The van der Waals surface area contributed by atoms with Crippen LogP contribution in [0.2, 0.25) is 0 Å². The van der Waals surface area contributed by atoms with E-state index in [2.05, 4.69) is 15.5 Å². The number of nitrogens with one attached hydrogen (secondary N) is 1. The third-order valence-electron chi connectivity index (χ3n) is 4.65. The molecular formula is C23H24N4O3S. The number of hydrogen-bond acceptors (Lipinski definition) is 5. The van der Waals surface area contributed by atoms with Crippen molar-refractivity contribution in [3.63, 3.8) is 0 Å². The summed E-state index contributed by atoms with van der Waals surface area (Å²) in [6.45, 7) is 3.42. The lowest BCUT2D eigenvalue weighted by Crippen LogP contribution is -2.40. The van der Waals surface area contributed by atoms with Gasteiger partial charge in [-0.1, -0.05) is 42.8 Å². The quantitative estimate of drug-likeness (QED) is 0.433. The summed E-state index contributed by atoms with van der Waals surface area (Å²) < 4.78 is 28.0. The number of carbonyl (C=O) groups is 1. The largest absolute Gasteiger partial charge is 0.271 e. The van der Waals surface area contributed by atoms with Gasteiger partial charge < -0.3 is 0 Å². The van der Waals surface area contributed by atoms with Gasteiger partial charge in [0.2, 0.25) is 0 Å². The maximum Gasteiger partial charge on any atom is 0.264 e. The number of benzene rings is 2. The van der Waals surface area contributed by atoms with Crippen LogP contribution in [0.4, 0.5) is 5.69 Å². The summed E-state index contributed by atoms with van der Waals surface area (Å²) in [4.78, 5) is 16.6. The van der Waals surface area contributed by atoms with Crippen molar-refractivity contribution in [1.29, 1.82) is 0 Å². The van der Waals surface area contributed by atoms with E-state index in [9.17, 15) is 13.2 Å². The molecular weight excluding hydrogens is 412 g/mol. The van der Waals surface area contributed by atoms with Crippen LogP contribution in [0.1, 0.15) is 23.6 Å². The third-order valence-corrected chi connectivity index (χ3v) is 6.42. The highest BCUT2D eigenvalue weighted by Crippen LogP contribution is 2.27. The van der Waals surface area contributed by atoms with E-state index in [0.717, 1.165) is 21.0 Å². The molecule has 31 heavy (non-hydrogen) atoms. The van der Waals surface area contributed by atoms with Crippen molar-refractivity contribution in [3.05, 3.63) is 89.7 Å². The van der Waals surface area contributed by atoms with E-state index in [4.69, 9.17) is 0 Å². The molecule has 0 aliphatic carbocycles. The summed E-state index contributed by atoms with van der Waals surface area (Å²) in [5, 5.41) is 3.92. The molecule has 3 aromatic rings. The lowest BCUT2D eigenvalue weighted by molar-refractivity contribution is -0.119. The molecule has 8 heteroatoms. The van der Waals surface area contributed by atoms with Gasteiger partial charge in [0.15, 0.2) is 0 Å². The van der Waals surface area contributed by atoms with Crippen molar-refractivity contribution in [2.45, 2.75) is 25.2 Å². The van der Waals surface area contributed by atoms with E-state index in [1.165, 1.54) is 6.21 Å². The maximum absolute atomic E-state index is 13.4. The monoisotopic (exact) mass is 436 g/mol. The predicted octanol–water partition coefficient (Wildman–Crippen LogP) is 3.30. The SMILES string of the molecule is CCc1ccccc1N(CC(=O)N/N=C\c1ccncc1)S(=O)(=O)c1ccc(C)cc1. The van der Waals surface area contributed by atoms with Gasteiger partial charge in [0.05, 0.1) is 16.8 Å². The molecule has 1 aromatic heterocycles. The molecule has 2 aromatic carbocycles. The van der Waals surface area contributed by atoms with Crippen molar-refractivity contribution in [1.82, 2.24) is 10.4 Å². The molecule has 0 fully saturated rings. The summed E-state index contributed by atoms with van der Waals surface area (Å²) >= 11 is 0. The fourth-order valence-electron chi connectivity index (χ4n) is 2.98. The Hall–Kier alpha value is -3.52. The Morgan fingerprint density at radius 1 is 1.06 bits per heavy atom. The minimum atomic E-state index is -3.96. The zero-order chi connectivity index (χ0) is 22.3. The number of hydrogen-bond donors (Lipinski definition) is 1. The normalized spacial score (nSPS) is 11.4. The first-order chi connectivity index (χ1) is 14.9. The van der Waals surface area contributed by atoms with Crippen molar-refractivity contribution in [3.8, 4) is 0 Å². The van der Waals surface area contributed by atoms with Gasteiger partial charge in [0.1, 0.15) is 6.54 Å².